The van der Waals surface area contributed by atoms with Crippen LogP contribution in [0.3, 0.4) is 0 Å². The summed E-state index contributed by atoms with van der Waals surface area (Å²) in [6, 6.07) is 5.66. The van der Waals surface area contributed by atoms with Crippen molar-refractivity contribution in [3.63, 3.8) is 0 Å². The molecule has 0 bridgehead atoms. The molecule has 1 amide bonds. The molecular formula is C16H19NO4. The molecule has 1 atom stereocenters. The van der Waals surface area contributed by atoms with Gasteiger partial charge in [0.1, 0.15) is 0 Å². The summed E-state index contributed by atoms with van der Waals surface area (Å²) in [5, 5.41) is 2.67. The molecule has 1 N–H and O–H groups in total. The Morgan fingerprint density at radius 1 is 1.43 bits per heavy atom. The molecule has 0 saturated carbocycles. The quantitative estimate of drug-likeness (QED) is 0.683. The van der Waals surface area contributed by atoms with E-state index in [1.807, 2.05) is 32.0 Å². The number of carbonyl (C=O) groups is 2. The zero-order chi connectivity index (χ0) is 15.4. The standard InChI is InChI=1S/C16H19NO4/c1-10-4-5-14(8-11(10)2)17-16(19)20-7-6-13-9-21-15(18)12(13)3/h4-5,8,13H,3,6-7,9H2,1-2H3,(H,17,19)/t13-/m0/s1. The number of anilines is 1. The minimum absolute atomic E-state index is 0.0630. The van der Waals surface area contributed by atoms with Gasteiger partial charge < -0.3 is 9.47 Å². The van der Waals surface area contributed by atoms with E-state index in [1.165, 1.54) is 5.56 Å². The highest BCUT2D eigenvalue weighted by Gasteiger charge is 2.28. The summed E-state index contributed by atoms with van der Waals surface area (Å²) in [6.07, 6.45) is 0.0272. The van der Waals surface area contributed by atoms with Crippen LogP contribution in [-0.4, -0.2) is 25.3 Å². The molecule has 0 spiro atoms. The fraction of sp³-hybridized carbons (Fsp3) is 0.375. The molecule has 1 heterocycles. The van der Waals surface area contributed by atoms with Gasteiger partial charge in [-0.25, -0.2) is 9.59 Å². The fourth-order valence-corrected chi connectivity index (χ4v) is 2.06. The second-order valence-corrected chi connectivity index (χ2v) is 5.17. The van der Waals surface area contributed by atoms with Gasteiger partial charge in [-0.3, -0.25) is 5.32 Å². The van der Waals surface area contributed by atoms with Crippen LogP contribution in [0, 0.1) is 19.8 Å². The Bertz CT molecular complexity index is 580. The molecule has 112 valence electrons. The van der Waals surface area contributed by atoms with Gasteiger partial charge in [0.05, 0.1) is 13.2 Å². The zero-order valence-corrected chi connectivity index (χ0v) is 12.3. The minimum Gasteiger partial charge on any atom is -0.462 e. The molecule has 1 saturated heterocycles. The first kappa shape index (κ1) is 15.1. The Morgan fingerprint density at radius 2 is 2.19 bits per heavy atom. The summed E-state index contributed by atoms with van der Waals surface area (Å²) in [7, 11) is 0. The number of carbonyl (C=O) groups excluding carboxylic acids is 2. The van der Waals surface area contributed by atoms with E-state index in [2.05, 4.69) is 11.9 Å². The molecule has 1 aliphatic rings. The van der Waals surface area contributed by atoms with Gasteiger partial charge in [-0.05, 0) is 43.5 Å². The third-order valence-corrected chi connectivity index (χ3v) is 3.62. The van der Waals surface area contributed by atoms with Crippen molar-refractivity contribution < 1.29 is 19.1 Å². The van der Waals surface area contributed by atoms with Gasteiger partial charge in [0.25, 0.3) is 0 Å². The Morgan fingerprint density at radius 3 is 2.81 bits per heavy atom. The number of benzene rings is 1. The number of hydrogen-bond donors (Lipinski definition) is 1. The van der Waals surface area contributed by atoms with E-state index in [0.717, 1.165) is 5.56 Å². The van der Waals surface area contributed by atoms with Gasteiger partial charge in [-0.15, -0.1) is 0 Å². The van der Waals surface area contributed by atoms with Crippen molar-refractivity contribution >= 4 is 17.7 Å². The van der Waals surface area contributed by atoms with Crippen LogP contribution in [0.2, 0.25) is 0 Å². The van der Waals surface area contributed by atoms with Crippen LogP contribution in [0.1, 0.15) is 17.5 Å². The number of amides is 1. The van der Waals surface area contributed by atoms with Crippen LogP contribution in [0.4, 0.5) is 10.5 Å². The monoisotopic (exact) mass is 289 g/mol. The van der Waals surface area contributed by atoms with E-state index >= 15 is 0 Å². The number of esters is 1. The van der Waals surface area contributed by atoms with E-state index in [-0.39, 0.29) is 18.5 Å². The third-order valence-electron chi connectivity index (χ3n) is 3.62. The molecule has 0 unspecified atom stereocenters. The molecule has 1 aromatic rings. The van der Waals surface area contributed by atoms with Gasteiger partial charge in [0, 0.05) is 17.2 Å². The zero-order valence-electron chi connectivity index (χ0n) is 12.3. The molecule has 1 aliphatic heterocycles. The second-order valence-electron chi connectivity index (χ2n) is 5.17. The van der Waals surface area contributed by atoms with E-state index < -0.39 is 6.09 Å². The average molecular weight is 289 g/mol. The molecule has 5 heteroatoms. The topological polar surface area (TPSA) is 64.6 Å². The highest BCUT2D eigenvalue weighted by Crippen LogP contribution is 2.22. The van der Waals surface area contributed by atoms with Crippen LogP contribution < -0.4 is 5.32 Å². The maximum Gasteiger partial charge on any atom is 0.411 e. The van der Waals surface area contributed by atoms with E-state index in [1.54, 1.807) is 0 Å². The van der Waals surface area contributed by atoms with Gasteiger partial charge in [0.15, 0.2) is 0 Å². The number of nitrogens with one attached hydrogen (secondary N) is 1. The largest absolute Gasteiger partial charge is 0.462 e. The summed E-state index contributed by atoms with van der Waals surface area (Å²) in [4.78, 5) is 22.8. The van der Waals surface area contributed by atoms with Crippen molar-refractivity contribution in [1.82, 2.24) is 0 Å². The lowest BCUT2D eigenvalue weighted by Crippen LogP contribution is -2.16. The summed E-state index contributed by atoms with van der Waals surface area (Å²) >= 11 is 0. The first-order valence-electron chi connectivity index (χ1n) is 6.84. The molecular weight excluding hydrogens is 270 g/mol. The molecule has 1 aromatic carbocycles. The van der Waals surface area contributed by atoms with Crippen LogP contribution in [0.25, 0.3) is 0 Å². The number of rotatable bonds is 4. The molecule has 2 rings (SSSR count). The first-order chi connectivity index (χ1) is 9.97. The summed E-state index contributed by atoms with van der Waals surface area (Å²) in [5.41, 5.74) is 3.42. The Hall–Kier alpha value is -2.30. The molecule has 5 nitrogen and oxygen atoms in total. The van der Waals surface area contributed by atoms with Crippen molar-refractivity contribution in [3.8, 4) is 0 Å². The second kappa shape index (κ2) is 6.43. The lowest BCUT2D eigenvalue weighted by atomic mass is 10.0. The smallest absolute Gasteiger partial charge is 0.411 e. The van der Waals surface area contributed by atoms with Gasteiger partial charge in [0.2, 0.25) is 0 Å². The van der Waals surface area contributed by atoms with Gasteiger partial charge in [-0.2, -0.15) is 0 Å². The summed E-state index contributed by atoms with van der Waals surface area (Å²) in [5.74, 6) is -0.425. The Labute approximate surface area is 123 Å². The predicted octanol–water partition coefficient (Wildman–Crippen LogP) is 2.97. The van der Waals surface area contributed by atoms with E-state index in [9.17, 15) is 9.59 Å². The number of aryl methyl sites for hydroxylation is 2. The lowest BCUT2D eigenvalue weighted by Gasteiger charge is -2.10. The lowest BCUT2D eigenvalue weighted by molar-refractivity contribution is -0.135. The average Bonchev–Trinajstić information content (AvgIpc) is 2.75. The van der Waals surface area contributed by atoms with Crippen molar-refractivity contribution in [1.29, 1.82) is 0 Å². The number of cyclic esters (lactones) is 1. The molecule has 1 fully saturated rings. The fourth-order valence-electron chi connectivity index (χ4n) is 2.06. The van der Waals surface area contributed by atoms with Crippen LogP contribution in [0.15, 0.2) is 30.4 Å². The predicted molar refractivity (Wildman–Crippen MR) is 79.1 cm³/mol. The van der Waals surface area contributed by atoms with Crippen LogP contribution >= 0.6 is 0 Å². The SMILES string of the molecule is C=C1C(=O)OC[C@@H]1CCOC(=O)Nc1ccc(C)c(C)c1. The van der Waals surface area contributed by atoms with Crippen LogP contribution in [0.5, 0.6) is 0 Å². The van der Waals surface area contributed by atoms with Gasteiger partial charge >= 0.3 is 12.1 Å². The Kier molecular flexibility index (Phi) is 4.62. The normalized spacial score (nSPS) is 17.5. The minimum atomic E-state index is -0.505. The van der Waals surface area contributed by atoms with Crippen molar-refractivity contribution in [2.75, 3.05) is 18.5 Å². The highest BCUT2D eigenvalue weighted by atomic mass is 16.6. The summed E-state index contributed by atoms with van der Waals surface area (Å²) < 4.78 is 9.96. The van der Waals surface area contributed by atoms with Crippen LogP contribution in [-0.2, 0) is 14.3 Å². The van der Waals surface area contributed by atoms with Gasteiger partial charge in [-0.1, -0.05) is 12.6 Å². The Balaban J connectivity index is 1.76. The highest BCUT2D eigenvalue weighted by molar-refractivity contribution is 5.90. The number of ether oxygens (including phenoxy) is 2. The van der Waals surface area contributed by atoms with E-state index in [4.69, 9.17) is 9.47 Å². The van der Waals surface area contributed by atoms with Crippen molar-refractivity contribution in [2.24, 2.45) is 5.92 Å². The van der Waals surface area contributed by atoms with E-state index in [0.29, 0.717) is 24.3 Å². The maximum atomic E-state index is 11.7. The molecule has 0 radical (unpaired) electrons. The first-order valence-corrected chi connectivity index (χ1v) is 6.84. The van der Waals surface area contributed by atoms with Crippen molar-refractivity contribution in [3.05, 3.63) is 41.5 Å². The molecule has 0 aliphatic carbocycles. The van der Waals surface area contributed by atoms with Crippen molar-refractivity contribution in [2.45, 2.75) is 20.3 Å². The third kappa shape index (κ3) is 3.84. The molecule has 0 aromatic heterocycles. The molecule has 21 heavy (non-hydrogen) atoms. The number of hydrogen-bond acceptors (Lipinski definition) is 4. The maximum absolute atomic E-state index is 11.7. The summed E-state index contributed by atoms with van der Waals surface area (Å²) in [6.45, 7) is 8.20.